The fourth-order valence-electron chi connectivity index (χ4n) is 2.79. The van der Waals surface area contributed by atoms with Crippen molar-refractivity contribution in [3.05, 3.63) is 0 Å². The highest BCUT2D eigenvalue weighted by Crippen LogP contribution is 2.38. The van der Waals surface area contributed by atoms with Crippen molar-refractivity contribution in [2.45, 2.75) is 38.1 Å². The molecule has 0 aromatic rings. The van der Waals surface area contributed by atoms with Crippen LogP contribution in [0.4, 0.5) is 0 Å². The highest BCUT2D eigenvalue weighted by atomic mass is 32.2. The highest BCUT2D eigenvalue weighted by Gasteiger charge is 2.48. The van der Waals surface area contributed by atoms with Gasteiger partial charge in [-0.3, -0.25) is 4.79 Å². The van der Waals surface area contributed by atoms with E-state index in [4.69, 9.17) is 0 Å². The third-order valence-corrected chi connectivity index (χ3v) is 5.33. The van der Waals surface area contributed by atoms with Crippen molar-refractivity contribution < 1.29 is 14.7 Å². The Balaban J connectivity index is 2.23. The lowest BCUT2D eigenvalue weighted by atomic mass is 9.82. The van der Waals surface area contributed by atoms with Gasteiger partial charge in [-0.2, -0.15) is 0 Å². The first kappa shape index (κ1) is 13.7. The molecule has 2 rings (SSSR count). The van der Waals surface area contributed by atoms with Crippen LogP contribution in [-0.4, -0.2) is 52.1 Å². The SMILES string of the molecule is CCC1(C(=O)N2C(C)SCC2C(=O)O)CCNC1. The number of amides is 1. The Bertz CT molecular complexity index is 355. The van der Waals surface area contributed by atoms with Crippen LogP contribution in [-0.2, 0) is 9.59 Å². The average molecular weight is 272 g/mol. The molecule has 2 heterocycles. The number of aliphatic carboxylic acids is 1. The Kier molecular flexibility index (Phi) is 3.87. The standard InChI is InChI=1S/C12H20N2O3S/c1-3-12(4-5-13-7-12)11(17)14-8(2)18-6-9(14)10(15)16/h8-9,13H,3-7H2,1-2H3,(H,15,16). The molecule has 0 spiro atoms. The molecular weight excluding hydrogens is 252 g/mol. The van der Waals surface area contributed by atoms with Crippen LogP contribution in [0.1, 0.15) is 26.7 Å². The number of carbonyl (C=O) groups excluding carboxylic acids is 1. The third-order valence-electron chi connectivity index (χ3n) is 4.12. The molecule has 3 unspecified atom stereocenters. The summed E-state index contributed by atoms with van der Waals surface area (Å²) in [5, 5.41) is 12.4. The maximum Gasteiger partial charge on any atom is 0.327 e. The molecule has 5 nitrogen and oxygen atoms in total. The summed E-state index contributed by atoms with van der Waals surface area (Å²) in [6, 6.07) is -0.665. The third kappa shape index (κ3) is 2.12. The molecule has 2 aliphatic heterocycles. The van der Waals surface area contributed by atoms with Gasteiger partial charge in [0.25, 0.3) is 0 Å². The van der Waals surface area contributed by atoms with E-state index in [1.165, 1.54) is 0 Å². The Morgan fingerprint density at radius 1 is 1.56 bits per heavy atom. The molecule has 0 aliphatic carbocycles. The van der Waals surface area contributed by atoms with Crippen LogP contribution >= 0.6 is 11.8 Å². The van der Waals surface area contributed by atoms with Crippen molar-refractivity contribution in [2.75, 3.05) is 18.8 Å². The maximum atomic E-state index is 12.7. The summed E-state index contributed by atoms with van der Waals surface area (Å²) < 4.78 is 0. The van der Waals surface area contributed by atoms with Gasteiger partial charge in [0.05, 0.1) is 10.8 Å². The van der Waals surface area contributed by atoms with E-state index in [1.54, 1.807) is 16.7 Å². The minimum Gasteiger partial charge on any atom is -0.480 e. The largest absolute Gasteiger partial charge is 0.480 e. The molecule has 2 fully saturated rings. The Morgan fingerprint density at radius 2 is 2.28 bits per heavy atom. The number of nitrogens with zero attached hydrogens (tertiary/aromatic N) is 1. The first-order valence-corrected chi connectivity index (χ1v) is 7.44. The van der Waals surface area contributed by atoms with Gasteiger partial charge in [0, 0.05) is 12.3 Å². The molecule has 0 bridgehead atoms. The van der Waals surface area contributed by atoms with Crippen molar-refractivity contribution in [1.82, 2.24) is 10.2 Å². The second-order valence-electron chi connectivity index (χ2n) is 5.06. The van der Waals surface area contributed by atoms with Gasteiger partial charge in [-0.15, -0.1) is 11.8 Å². The number of hydrogen-bond donors (Lipinski definition) is 2. The van der Waals surface area contributed by atoms with Crippen molar-refractivity contribution in [3.63, 3.8) is 0 Å². The molecule has 0 saturated carbocycles. The van der Waals surface area contributed by atoms with E-state index in [2.05, 4.69) is 5.32 Å². The van der Waals surface area contributed by atoms with Crippen LogP contribution in [0.2, 0.25) is 0 Å². The second kappa shape index (κ2) is 5.09. The number of nitrogens with one attached hydrogen (secondary N) is 1. The van der Waals surface area contributed by atoms with Gasteiger partial charge in [0.2, 0.25) is 5.91 Å². The summed E-state index contributed by atoms with van der Waals surface area (Å²) in [6.07, 6.45) is 1.57. The van der Waals surface area contributed by atoms with E-state index >= 15 is 0 Å². The van der Waals surface area contributed by atoms with Gasteiger partial charge >= 0.3 is 5.97 Å². The molecule has 1 amide bonds. The monoisotopic (exact) mass is 272 g/mol. The molecule has 6 heteroatoms. The van der Waals surface area contributed by atoms with E-state index in [0.717, 1.165) is 19.4 Å². The minimum atomic E-state index is -0.891. The molecular formula is C12H20N2O3S. The number of carboxylic acid groups (broad SMARTS) is 1. The zero-order valence-corrected chi connectivity index (χ0v) is 11.6. The van der Waals surface area contributed by atoms with Crippen molar-refractivity contribution in [2.24, 2.45) is 5.41 Å². The summed E-state index contributed by atoms with van der Waals surface area (Å²) in [5.74, 6) is -0.382. The molecule has 0 aromatic carbocycles. The lowest BCUT2D eigenvalue weighted by Crippen LogP contribution is -2.52. The van der Waals surface area contributed by atoms with Crippen molar-refractivity contribution in [3.8, 4) is 0 Å². The fraction of sp³-hybridized carbons (Fsp3) is 0.833. The first-order chi connectivity index (χ1) is 8.52. The van der Waals surface area contributed by atoms with E-state index in [-0.39, 0.29) is 11.3 Å². The highest BCUT2D eigenvalue weighted by molar-refractivity contribution is 8.00. The predicted molar refractivity (Wildman–Crippen MR) is 70.4 cm³/mol. The van der Waals surface area contributed by atoms with Gasteiger partial charge in [-0.05, 0) is 26.3 Å². The van der Waals surface area contributed by atoms with Crippen LogP contribution in [0, 0.1) is 5.41 Å². The fourth-order valence-corrected chi connectivity index (χ4v) is 3.96. The number of hydrogen-bond acceptors (Lipinski definition) is 4. The van der Waals surface area contributed by atoms with Gasteiger partial charge in [0.15, 0.2) is 0 Å². The summed E-state index contributed by atoms with van der Waals surface area (Å²) in [6.45, 7) is 5.43. The van der Waals surface area contributed by atoms with Crippen LogP contribution in [0.5, 0.6) is 0 Å². The molecule has 0 aromatic heterocycles. The molecule has 102 valence electrons. The molecule has 2 aliphatic rings. The minimum absolute atomic E-state index is 0.0138. The molecule has 3 atom stereocenters. The number of carbonyl (C=O) groups is 2. The van der Waals surface area contributed by atoms with Gasteiger partial charge in [0.1, 0.15) is 6.04 Å². The van der Waals surface area contributed by atoms with Gasteiger partial charge in [-0.1, -0.05) is 6.92 Å². The average Bonchev–Trinajstić information content (AvgIpc) is 2.95. The zero-order valence-electron chi connectivity index (χ0n) is 10.8. The number of rotatable bonds is 3. The summed E-state index contributed by atoms with van der Waals surface area (Å²) in [4.78, 5) is 25.6. The quantitative estimate of drug-likeness (QED) is 0.793. The Hall–Kier alpha value is -0.750. The predicted octanol–water partition coefficient (Wildman–Crippen LogP) is 0.751. The van der Waals surface area contributed by atoms with Crippen LogP contribution in [0.15, 0.2) is 0 Å². The smallest absolute Gasteiger partial charge is 0.327 e. The maximum absolute atomic E-state index is 12.7. The summed E-state index contributed by atoms with van der Waals surface area (Å²) >= 11 is 1.54. The molecule has 2 saturated heterocycles. The normalized spacial score (nSPS) is 36.0. The number of thioether (sulfide) groups is 1. The van der Waals surface area contributed by atoms with Crippen LogP contribution < -0.4 is 5.32 Å². The first-order valence-electron chi connectivity index (χ1n) is 6.40. The van der Waals surface area contributed by atoms with E-state index < -0.39 is 17.4 Å². The summed E-state index contributed by atoms with van der Waals surface area (Å²) in [7, 11) is 0. The zero-order chi connectivity index (χ0) is 13.3. The van der Waals surface area contributed by atoms with Gasteiger partial charge in [-0.25, -0.2) is 4.79 Å². The van der Waals surface area contributed by atoms with E-state index in [9.17, 15) is 14.7 Å². The van der Waals surface area contributed by atoms with E-state index in [0.29, 0.717) is 12.3 Å². The van der Waals surface area contributed by atoms with Gasteiger partial charge < -0.3 is 15.3 Å². The van der Waals surface area contributed by atoms with Crippen molar-refractivity contribution >= 4 is 23.6 Å². The second-order valence-corrected chi connectivity index (χ2v) is 6.41. The van der Waals surface area contributed by atoms with Crippen LogP contribution in [0.25, 0.3) is 0 Å². The number of carboxylic acids is 1. The lowest BCUT2D eigenvalue weighted by Gasteiger charge is -2.34. The van der Waals surface area contributed by atoms with E-state index in [1.807, 2.05) is 13.8 Å². The van der Waals surface area contributed by atoms with Crippen molar-refractivity contribution in [1.29, 1.82) is 0 Å². The Morgan fingerprint density at radius 3 is 2.78 bits per heavy atom. The molecule has 18 heavy (non-hydrogen) atoms. The molecule has 2 N–H and O–H groups in total. The Labute approximate surface area is 111 Å². The molecule has 0 radical (unpaired) electrons. The lowest BCUT2D eigenvalue weighted by molar-refractivity contribution is -0.153. The topological polar surface area (TPSA) is 69.6 Å². The summed E-state index contributed by atoms with van der Waals surface area (Å²) in [5.41, 5.74) is -0.396. The van der Waals surface area contributed by atoms with Crippen LogP contribution in [0.3, 0.4) is 0 Å².